The van der Waals surface area contributed by atoms with Gasteiger partial charge in [-0.25, -0.2) is 0 Å². The summed E-state index contributed by atoms with van der Waals surface area (Å²) >= 11 is 5.91. The number of halogens is 1. The lowest BCUT2D eigenvalue weighted by Gasteiger charge is -2.17. The van der Waals surface area contributed by atoms with E-state index in [2.05, 4.69) is 0 Å². The number of rotatable bonds is 3. The molecule has 17 heavy (non-hydrogen) atoms. The van der Waals surface area contributed by atoms with E-state index in [1.165, 1.54) is 4.90 Å². The summed E-state index contributed by atoms with van der Waals surface area (Å²) < 4.78 is 0. The number of anilines is 1. The largest absolute Gasteiger partial charge is 0.304 e. The van der Waals surface area contributed by atoms with Crippen LogP contribution in [0.4, 0.5) is 5.69 Å². The lowest BCUT2D eigenvalue weighted by atomic mass is 10.1. The maximum Gasteiger partial charge on any atom is 0.231 e. The third-order valence-electron chi connectivity index (χ3n) is 2.94. The Bertz CT molecular complexity index is 482. The van der Waals surface area contributed by atoms with Crippen molar-refractivity contribution in [3.05, 3.63) is 28.8 Å². The molecule has 0 unspecified atom stereocenters. The standard InChI is InChI=1S/C13H14ClNO2/c1-8(2)12(16)7-15-11-6-10(14)4-3-9(11)5-13(15)17/h3-4,6,8H,5,7H2,1-2H3. The average molecular weight is 252 g/mol. The van der Waals surface area contributed by atoms with Gasteiger partial charge in [-0.3, -0.25) is 9.59 Å². The molecule has 1 amide bonds. The van der Waals surface area contributed by atoms with E-state index in [4.69, 9.17) is 11.6 Å². The summed E-state index contributed by atoms with van der Waals surface area (Å²) in [4.78, 5) is 25.1. The predicted octanol–water partition coefficient (Wildman–Crippen LogP) is 2.45. The molecule has 4 heteroatoms. The summed E-state index contributed by atoms with van der Waals surface area (Å²) in [5.41, 5.74) is 1.72. The molecule has 1 aromatic rings. The van der Waals surface area contributed by atoms with Crippen molar-refractivity contribution in [2.45, 2.75) is 20.3 Å². The van der Waals surface area contributed by atoms with Gasteiger partial charge in [-0.05, 0) is 17.7 Å². The monoisotopic (exact) mass is 251 g/mol. The Labute approximate surface area is 105 Å². The van der Waals surface area contributed by atoms with Crippen LogP contribution in [0.5, 0.6) is 0 Å². The van der Waals surface area contributed by atoms with E-state index in [1.807, 2.05) is 19.9 Å². The molecule has 0 spiro atoms. The normalized spacial score (nSPS) is 14.4. The van der Waals surface area contributed by atoms with Crippen molar-refractivity contribution in [2.75, 3.05) is 11.4 Å². The molecule has 0 aliphatic carbocycles. The number of carbonyl (C=O) groups is 2. The summed E-state index contributed by atoms with van der Waals surface area (Å²) in [7, 11) is 0. The molecule has 1 aliphatic rings. The molecule has 1 aromatic carbocycles. The number of Topliss-reactive ketones (excluding diaryl/α,β-unsaturated/α-hetero) is 1. The summed E-state index contributed by atoms with van der Waals surface area (Å²) in [6.45, 7) is 3.81. The molecular formula is C13H14ClNO2. The second kappa shape index (κ2) is 4.49. The minimum Gasteiger partial charge on any atom is -0.304 e. The van der Waals surface area contributed by atoms with Gasteiger partial charge in [0, 0.05) is 16.6 Å². The summed E-state index contributed by atoms with van der Waals surface area (Å²) in [6.07, 6.45) is 0.359. The van der Waals surface area contributed by atoms with Crippen LogP contribution in [0.25, 0.3) is 0 Å². The summed E-state index contributed by atoms with van der Waals surface area (Å²) in [6, 6.07) is 5.35. The maximum atomic E-state index is 11.8. The Morgan fingerprint density at radius 2 is 2.18 bits per heavy atom. The number of nitrogens with zero attached hydrogens (tertiary/aromatic N) is 1. The molecule has 1 heterocycles. The first kappa shape index (κ1) is 12.1. The Morgan fingerprint density at radius 1 is 1.47 bits per heavy atom. The lowest BCUT2D eigenvalue weighted by molar-refractivity contribution is -0.123. The minimum absolute atomic E-state index is 0.0312. The van der Waals surface area contributed by atoms with E-state index in [0.717, 1.165) is 11.3 Å². The van der Waals surface area contributed by atoms with Crippen LogP contribution in [0.2, 0.25) is 5.02 Å². The predicted molar refractivity (Wildman–Crippen MR) is 67.4 cm³/mol. The van der Waals surface area contributed by atoms with E-state index in [0.29, 0.717) is 11.4 Å². The molecule has 0 N–H and O–H groups in total. The number of hydrogen-bond acceptors (Lipinski definition) is 2. The third-order valence-corrected chi connectivity index (χ3v) is 3.17. The fourth-order valence-corrected chi connectivity index (χ4v) is 2.01. The van der Waals surface area contributed by atoms with E-state index in [9.17, 15) is 9.59 Å². The average Bonchev–Trinajstić information content (AvgIpc) is 2.55. The number of hydrogen-bond donors (Lipinski definition) is 0. The van der Waals surface area contributed by atoms with Gasteiger partial charge in [0.1, 0.15) is 0 Å². The van der Waals surface area contributed by atoms with Crippen molar-refractivity contribution in [1.29, 1.82) is 0 Å². The molecule has 0 radical (unpaired) electrons. The van der Waals surface area contributed by atoms with Crippen LogP contribution in [-0.4, -0.2) is 18.2 Å². The van der Waals surface area contributed by atoms with E-state index in [-0.39, 0.29) is 24.2 Å². The molecule has 90 valence electrons. The van der Waals surface area contributed by atoms with Gasteiger partial charge in [-0.15, -0.1) is 0 Å². The topological polar surface area (TPSA) is 37.4 Å². The number of benzene rings is 1. The van der Waals surface area contributed by atoms with Gasteiger partial charge < -0.3 is 4.90 Å². The number of fused-ring (bicyclic) bond motifs is 1. The van der Waals surface area contributed by atoms with Crippen LogP contribution in [0.15, 0.2) is 18.2 Å². The van der Waals surface area contributed by atoms with Crippen molar-refractivity contribution in [3.63, 3.8) is 0 Å². The minimum atomic E-state index is -0.0639. The van der Waals surface area contributed by atoms with Gasteiger partial charge in [-0.1, -0.05) is 31.5 Å². The molecule has 3 nitrogen and oxygen atoms in total. The molecule has 0 atom stereocenters. The summed E-state index contributed by atoms with van der Waals surface area (Å²) in [5.74, 6) is -0.0338. The first-order valence-electron chi connectivity index (χ1n) is 5.60. The van der Waals surface area contributed by atoms with Crippen molar-refractivity contribution in [1.82, 2.24) is 0 Å². The Hall–Kier alpha value is -1.35. The Balaban J connectivity index is 2.28. The van der Waals surface area contributed by atoms with Gasteiger partial charge in [0.15, 0.2) is 5.78 Å². The molecule has 0 fully saturated rings. The lowest BCUT2D eigenvalue weighted by Crippen LogP contribution is -2.34. The van der Waals surface area contributed by atoms with Crippen LogP contribution >= 0.6 is 11.6 Å². The van der Waals surface area contributed by atoms with E-state index >= 15 is 0 Å². The smallest absolute Gasteiger partial charge is 0.231 e. The second-order valence-corrected chi connectivity index (χ2v) is 4.99. The van der Waals surface area contributed by atoms with Crippen molar-refractivity contribution in [3.8, 4) is 0 Å². The Kier molecular flexibility index (Phi) is 3.20. The van der Waals surface area contributed by atoms with Crippen LogP contribution in [0, 0.1) is 5.92 Å². The summed E-state index contributed by atoms with van der Waals surface area (Å²) in [5, 5.41) is 0.584. The number of amides is 1. The van der Waals surface area contributed by atoms with Crippen LogP contribution < -0.4 is 4.90 Å². The molecule has 1 aliphatic heterocycles. The van der Waals surface area contributed by atoms with Gasteiger partial charge in [-0.2, -0.15) is 0 Å². The highest BCUT2D eigenvalue weighted by atomic mass is 35.5. The highest BCUT2D eigenvalue weighted by Crippen LogP contribution is 2.31. The van der Waals surface area contributed by atoms with Crippen molar-refractivity contribution < 1.29 is 9.59 Å². The third kappa shape index (κ3) is 2.34. The first-order chi connectivity index (χ1) is 7.99. The van der Waals surface area contributed by atoms with Crippen LogP contribution in [-0.2, 0) is 16.0 Å². The first-order valence-corrected chi connectivity index (χ1v) is 5.98. The quantitative estimate of drug-likeness (QED) is 0.828. The van der Waals surface area contributed by atoms with Crippen LogP contribution in [0.3, 0.4) is 0 Å². The van der Waals surface area contributed by atoms with Crippen molar-refractivity contribution >= 4 is 29.0 Å². The van der Waals surface area contributed by atoms with Gasteiger partial charge in [0.2, 0.25) is 5.91 Å². The number of carbonyl (C=O) groups excluding carboxylic acids is 2. The molecule has 2 rings (SSSR count). The second-order valence-electron chi connectivity index (χ2n) is 4.55. The zero-order valence-corrected chi connectivity index (χ0v) is 10.6. The van der Waals surface area contributed by atoms with E-state index in [1.54, 1.807) is 12.1 Å². The van der Waals surface area contributed by atoms with Gasteiger partial charge in [0.25, 0.3) is 0 Å². The van der Waals surface area contributed by atoms with Gasteiger partial charge >= 0.3 is 0 Å². The maximum absolute atomic E-state index is 11.8. The highest BCUT2D eigenvalue weighted by Gasteiger charge is 2.29. The van der Waals surface area contributed by atoms with Crippen molar-refractivity contribution in [2.24, 2.45) is 5.92 Å². The highest BCUT2D eigenvalue weighted by molar-refractivity contribution is 6.31. The number of ketones is 1. The van der Waals surface area contributed by atoms with Gasteiger partial charge in [0.05, 0.1) is 13.0 Å². The van der Waals surface area contributed by atoms with Crippen LogP contribution in [0.1, 0.15) is 19.4 Å². The fourth-order valence-electron chi connectivity index (χ4n) is 1.84. The molecule has 0 saturated carbocycles. The molecule has 0 bridgehead atoms. The van der Waals surface area contributed by atoms with E-state index < -0.39 is 0 Å². The SMILES string of the molecule is CC(C)C(=O)CN1C(=O)Cc2ccc(Cl)cc21. The molecule has 0 saturated heterocycles. The Morgan fingerprint density at radius 3 is 2.82 bits per heavy atom. The zero-order chi connectivity index (χ0) is 12.6. The molecular weight excluding hydrogens is 238 g/mol. The molecule has 0 aromatic heterocycles. The fraction of sp³-hybridized carbons (Fsp3) is 0.385. The zero-order valence-electron chi connectivity index (χ0n) is 9.87.